The first-order valence-corrected chi connectivity index (χ1v) is 7.69. The molecule has 1 atom stereocenters. The highest BCUT2D eigenvalue weighted by atomic mass is 16.7. The van der Waals surface area contributed by atoms with Crippen molar-refractivity contribution in [3.05, 3.63) is 23.8 Å². The number of nitrogens with two attached hydrogens (primary N) is 1. The number of hydrogen-bond acceptors (Lipinski definition) is 4. The first kappa shape index (κ1) is 13.7. The van der Waals surface area contributed by atoms with Gasteiger partial charge in [0.05, 0.1) is 0 Å². The molecule has 1 aromatic rings. The molecule has 1 aromatic carbocycles. The maximum absolute atomic E-state index is 6.07. The normalized spacial score (nSPS) is 18.6. The minimum absolute atomic E-state index is 0.295. The lowest BCUT2D eigenvalue weighted by Gasteiger charge is -2.31. The number of ether oxygens (including phenoxy) is 2. The van der Waals surface area contributed by atoms with Crippen LogP contribution in [0.15, 0.2) is 18.2 Å². The highest BCUT2D eigenvalue weighted by Crippen LogP contribution is 2.38. The molecule has 1 heterocycles. The number of fused-ring (bicyclic) bond motifs is 1. The quantitative estimate of drug-likeness (QED) is 0.832. The Hall–Kier alpha value is -1.26. The van der Waals surface area contributed by atoms with Crippen molar-refractivity contribution >= 4 is 0 Å². The molecule has 2 aliphatic rings. The Morgan fingerprint density at radius 1 is 1.30 bits per heavy atom. The summed E-state index contributed by atoms with van der Waals surface area (Å²) in [5, 5.41) is 0. The van der Waals surface area contributed by atoms with Crippen molar-refractivity contribution in [3.63, 3.8) is 0 Å². The largest absolute Gasteiger partial charge is 0.454 e. The first-order chi connectivity index (χ1) is 9.83. The Bertz CT molecular complexity index is 460. The Morgan fingerprint density at radius 2 is 2.10 bits per heavy atom. The van der Waals surface area contributed by atoms with Crippen LogP contribution in [-0.2, 0) is 0 Å². The van der Waals surface area contributed by atoms with Crippen LogP contribution >= 0.6 is 0 Å². The van der Waals surface area contributed by atoms with Crippen molar-refractivity contribution < 1.29 is 9.47 Å². The first-order valence-electron chi connectivity index (χ1n) is 7.69. The lowest BCUT2D eigenvalue weighted by atomic mass is 10.0. The number of rotatable bonds is 7. The predicted octanol–water partition coefficient (Wildman–Crippen LogP) is 2.68. The average molecular weight is 276 g/mol. The minimum atomic E-state index is 0.295. The van der Waals surface area contributed by atoms with Crippen molar-refractivity contribution in [2.24, 2.45) is 5.73 Å². The lowest BCUT2D eigenvalue weighted by molar-refractivity contribution is 0.173. The van der Waals surface area contributed by atoms with E-state index in [9.17, 15) is 0 Å². The summed E-state index contributed by atoms with van der Waals surface area (Å²) in [6.07, 6.45) is 5.08. The van der Waals surface area contributed by atoms with Gasteiger partial charge in [-0.2, -0.15) is 0 Å². The van der Waals surface area contributed by atoms with Crippen LogP contribution in [0.2, 0.25) is 0 Å². The highest BCUT2D eigenvalue weighted by molar-refractivity contribution is 5.45. The van der Waals surface area contributed by atoms with Crippen molar-refractivity contribution in [1.82, 2.24) is 4.90 Å². The van der Waals surface area contributed by atoms with Gasteiger partial charge < -0.3 is 15.2 Å². The van der Waals surface area contributed by atoms with E-state index in [1.165, 1.54) is 31.2 Å². The van der Waals surface area contributed by atoms with Crippen LogP contribution in [0, 0.1) is 0 Å². The number of nitrogens with zero attached hydrogens (tertiary/aromatic N) is 1. The summed E-state index contributed by atoms with van der Waals surface area (Å²) in [6, 6.07) is 7.25. The second-order valence-corrected chi connectivity index (χ2v) is 5.69. The Balaban J connectivity index is 1.80. The lowest BCUT2D eigenvalue weighted by Crippen LogP contribution is -2.36. The molecule has 0 radical (unpaired) electrons. The fourth-order valence-corrected chi connectivity index (χ4v) is 2.92. The van der Waals surface area contributed by atoms with Crippen molar-refractivity contribution in [1.29, 1.82) is 0 Å². The molecule has 1 fully saturated rings. The summed E-state index contributed by atoms with van der Waals surface area (Å²) in [6.45, 7) is 4.36. The van der Waals surface area contributed by atoms with E-state index in [-0.39, 0.29) is 0 Å². The number of hydrogen-bond donors (Lipinski definition) is 1. The van der Waals surface area contributed by atoms with Crippen molar-refractivity contribution in [2.75, 3.05) is 19.9 Å². The van der Waals surface area contributed by atoms with E-state index >= 15 is 0 Å². The molecule has 0 amide bonds. The van der Waals surface area contributed by atoms with Crippen LogP contribution in [0.5, 0.6) is 11.5 Å². The Labute approximate surface area is 120 Å². The van der Waals surface area contributed by atoms with Gasteiger partial charge in [0.25, 0.3) is 0 Å². The van der Waals surface area contributed by atoms with Crippen LogP contribution < -0.4 is 15.2 Å². The van der Waals surface area contributed by atoms with Gasteiger partial charge in [-0.25, -0.2) is 0 Å². The topological polar surface area (TPSA) is 47.7 Å². The fourth-order valence-electron chi connectivity index (χ4n) is 2.92. The van der Waals surface area contributed by atoms with Gasteiger partial charge >= 0.3 is 0 Å². The third-order valence-corrected chi connectivity index (χ3v) is 4.19. The van der Waals surface area contributed by atoms with Crippen molar-refractivity contribution in [2.45, 2.75) is 44.7 Å². The van der Waals surface area contributed by atoms with E-state index in [1.54, 1.807) is 0 Å². The molecule has 0 spiro atoms. The third-order valence-electron chi connectivity index (χ3n) is 4.19. The van der Waals surface area contributed by atoms with E-state index in [0.717, 1.165) is 24.1 Å². The monoisotopic (exact) mass is 276 g/mol. The van der Waals surface area contributed by atoms with E-state index in [4.69, 9.17) is 15.2 Å². The van der Waals surface area contributed by atoms with Crippen LogP contribution in [0.25, 0.3) is 0 Å². The molecule has 1 aliphatic carbocycles. The SMILES string of the molecule is CCCCN(C1CC1)C(CN)c1ccc2c(c1)OCO2. The Kier molecular flexibility index (Phi) is 4.13. The molecule has 1 saturated carbocycles. The predicted molar refractivity (Wildman–Crippen MR) is 79.0 cm³/mol. The zero-order valence-electron chi connectivity index (χ0n) is 12.2. The van der Waals surface area contributed by atoms with Gasteiger partial charge in [-0.1, -0.05) is 19.4 Å². The van der Waals surface area contributed by atoms with Crippen LogP contribution in [-0.4, -0.2) is 30.8 Å². The number of benzene rings is 1. The molecular weight excluding hydrogens is 252 g/mol. The number of unbranched alkanes of at least 4 members (excludes halogenated alkanes) is 1. The summed E-state index contributed by atoms with van der Waals surface area (Å²) in [5.41, 5.74) is 7.32. The van der Waals surface area contributed by atoms with Gasteiger partial charge in [0, 0.05) is 18.6 Å². The maximum atomic E-state index is 6.07. The van der Waals surface area contributed by atoms with Crippen LogP contribution in [0.4, 0.5) is 0 Å². The zero-order chi connectivity index (χ0) is 13.9. The molecule has 0 aromatic heterocycles. The van der Waals surface area contributed by atoms with Crippen LogP contribution in [0.3, 0.4) is 0 Å². The summed E-state index contributed by atoms with van der Waals surface area (Å²) >= 11 is 0. The van der Waals surface area contributed by atoms with E-state index in [2.05, 4.69) is 24.0 Å². The molecule has 3 rings (SSSR count). The molecule has 110 valence electrons. The fraction of sp³-hybridized carbons (Fsp3) is 0.625. The molecule has 0 bridgehead atoms. The smallest absolute Gasteiger partial charge is 0.231 e. The molecule has 1 aliphatic heterocycles. The average Bonchev–Trinajstić information content (AvgIpc) is 3.20. The standard InChI is InChI=1S/C16H24N2O2/c1-2-3-8-18(13-5-6-13)14(10-17)12-4-7-15-16(9-12)20-11-19-15/h4,7,9,13-14H,2-3,5-6,8,10-11,17H2,1H3. The summed E-state index contributed by atoms with van der Waals surface area (Å²) in [7, 11) is 0. The van der Waals surface area contributed by atoms with Gasteiger partial charge in [0.15, 0.2) is 11.5 Å². The highest BCUT2D eigenvalue weighted by Gasteiger charge is 2.34. The molecular formula is C16H24N2O2. The molecule has 2 N–H and O–H groups in total. The zero-order valence-corrected chi connectivity index (χ0v) is 12.2. The van der Waals surface area contributed by atoms with Gasteiger partial charge in [-0.15, -0.1) is 0 Å². The van der Waals surface area contributed by atoms with Gasteiger partial charge in [-0.05, 0) is 43.5 Å². The maximum Gasteiger partial charge on any atom is 0.231 e. The molecule has 4 nitrogen and oxygen atoms in total. The summed E-state index contributed by atoms with van der Waals surface area (Å²) in [4.78, 5) is 2.58. The minimum Gasteiger partial charge on any atom is -0.454 e. The van der Waals surface area contributed by atoms with E-state index in [0.29, 0.717) is 19.4 Å². The third kappa shape index (κ3) is 2.76. The molecule has 4 heteroatoms. The van der Waals surface area contributed by atoms with Gasteiger partial charge in [0.2, 0.25) is 6.79 Å². The second-order valence-electron chi connectivity index (χ2n) is 5.69. The van der Waals surface area contributed by atoms with Gasteiger partial charge in [-0.3, -0.25) is 4.90 Å². The molecule has 20 heavy (non-hydrogen) atoms. The van der Waals surface area contributed by atoms with E-state index < -0.39 is 0 Å². The Morgan fingerprint density at radius 3 is 2.80 bits per heavy atom. The summed E-state index contributed by atoms with van der Waals surface area (Å²) in [5.74, 6) is 1.70. The molecule has 1 unspecified atom stereocenters. The van der Waals surface area contributed by atoms with Crippen molar-refractivity contribution in [3.8, 4) is 11.5 Å². The second kappa shape index (κ2) is 6.02. The van der Waals surface area contributed by atoms with Gasteiger partial charge in [0.1, 0.15) is 0 Å². The molecule has 0 saturated heterocycles. The van der Waals surface area contributed by atoms with E-state index in [1.807, 2.05) is 6.07 Å². The summed E-state index contributed by atoms with van der Waals surface area (Å²) < 4.78 is 10.9. The van der Waals surface area contributed by atoms with Crippen LogP contribution in [0.1, 0.15) is 44.2 Å².